The van der Waals surface area contributed by atoms with E-state index < -0.39 is 0 Å². The second-order valence-electron chi connectivity index (χ2n) is 6.20. The van der Waals surface area contributed by atoms with Crippen LogP contribution in [0.25, 0.3) is 11.3 Å². The molecule has 2 heterocycles. The predicted molar refractivity (Wildman–Crippen MR) is 99.8 cm³/mol. The Kier molecular flexibility index (Phi) is 4.23. The fourth-order valence-electron chi connectivity index (χ4n) is 3.16. The van der Waals surface area contributed by atoms with Gasteiger partial charge in [-0.05, 0) is 41.8 Å². The molecular formula is C20H18N4O2. The Balaban J connectivity index is 1.45. The van der Waals surface area contributed by atoms with E-state index in [1.807, 2.05) is 54.6 Å². The Morgan fingerprint density at radius 3 is 2.65 bits per heavy atom. The topological polar surface area (TPSA) is 78.1 Å². The molecule has 0 bridgehead atoms. The van der Waals surface area contributed by atoms with Crippen LogP contribution in [0.15, 0.2) is 60.8 Å². The fourth-order valence-corrected chi connectivity index (χ4v) is 3.16. The van der Waals surface area contributed by atoms with E-state index in [9.17, 15) is 9.59 Å². The number of aryl methyl sites for hydroxylation is 1. The molecule has 1 aliphatic rings. The number of carbonyl (C=O) groups is 2. The van der Waals surface area contributed by atoms with Crippen molar-refractivity contribution in [2.75, 3.05) is 16.8 Å². The SMILES string of the molecule is O=C(CN1C(=O)CCc2ccccc21)Nc1ccc(-c2ccn[nH]2)cc1. The Morgan fingerprint density at radius 1 is 1.08 bits per heavy atom. The summed E-state index contributed by atoms with van der Waals surface area (Å²) in [6.45, 7) is 0.0121. The van der Waals surface area contributed by atoms with Gasteiger partial charge in [-0.1, -0.05) is 30.3 Å². The maximum absolute atomic E-state index is 12.4. The number of hydrogen-bond donors (Lipinski definition) is 2. The number of nitrogens with zero attached hydrogens (tertiary/aromatic N) is 2. The van der Waals surface area contributed by atoms with Gasteiger partial charge in [0.15, 0.2) is 0 Å². The molecule has 6 nitrogen and oxygen atoms in total. The standard InChI is InChI=1S/C20H18N4O2/c25-19(13-24-18-4-2-1-3-15(18)7-10-20(24)26)22-16-8-5-14(6-9-16)17-11-12-21-23-17/h1-6,8-9,11-12H,7,10,13H2,(H,21,23)(H,22,25). The van der Waals surface area contributed by atoms with E-state index in [1.54, 1.807) is 11.1 Å². The zero-order chi connectivity index (χ0) is 17.9. The van der Waals surface area contributed by atoms with E-state index in [0.717, 1.165) is 28.9 Å². The third kappa shape index (κ3) is 3.21. The lowest BCUT2D eigenvalue weighted by Gasteiger charge is -2.28. The van der Waals surface area contributed by atoms with E-state index in [-0.39, 0.29) is 18.4 Å². The quantitative estimate of drug-likeness (QED) is 0.762. The molecule has 130 valence electrons. The lowest BCUT2D eigenvalue weighted by Crippen LogP contribution is -2.40. The minimum atomic E-state index is -0.218. The molecule has 0 aliphatic carbocycles. The van der Waals surface area contributed by atoms with Crippen LogP contribution in [-0.2, 0) is 16.0 Å². The number of para-hydroxylation sites is 1. The number of anilines is 2. The van der Waals surface area contributed by atoms with Crippen LogP contribution >= 0.6 is 0 Å². The summed E-state index contributed by atoms with van der Waals surface area (Å²) < 4.78 is 0. The molecule has 0 saturated carbocycles. The predicted octanol–water partition coefficient (Wildman–Crippen LogP) is 2.99. The summed E-state index contributed by atoms with van der Waals surface area (Å²) in [5.74, 6) is -0.238. The number of H-pyrrole nitrogens is 1. The van der Waals surface area contributed by atoms with Gasteiger partial charge in [-0.2, -0.15) is 5.10 Å². The molecule has 0 radical (unpaired) electrons. The van der Waals surface area contributed by atoms with E-state index >= 15 is 0 Å². The summed E-state index contributed by atoms with van der Waals surface area (Å²) in [5.41, 5.74) is 4.52. The van der Waals surface area contributed by atoms with Gasteiger partial charge in [0.1, 0.15) is 6.54 Å². The van der Waals surface area contributed by atoms with Gasteiger partial charge in [-0.3, -0.25) is 14.7 Å². The number of amides is 2. The highest BCUT2D eigenvalue weighted by atomic mass is 16.2. The minimum absolute atomic E-state index is 0.0121. The van der Waals surface area contributed by atoms with Crippen molar-refractivity contribution in [1.29, 1.82) is 0 Å². The summed E-state index contributed by atoms with van der Waals surface area (Å²) in [7, 11) is 0. The van der Waals surface area contributed by atoms with Crippen molar-refractivity contribution in [1.82, 2.24) is 10.2 Å². The monoisotopic (exact) mass is 346 g/mol. The van der Waals surface area contributed by atoms with Gasteiger partial charge < -0.3 is 10.2 Å². The highest BCUT2D eigenvalue weighted by Gasteiger charge is 2.25. The van der Waals surface area contributed by atoms with Gasteiger partial charge in [0.05, 0.1) is 5.69 Å². The van der Waals surface area contributed by atoms with E-state index in [2.05, 4.69) is 15.5 Å². The van der Waals surface area contributed by atoms with Gasteiger partial charge in [0, 0.05) is 24.0 Å². The Labute approximate surface area is 150 Å². The molecule has 0 saturated heterocycles. The van der Waals surface area contributed by atoms with Crippen LogP contribution in [0, 0.1) is 0 Å². The van der Waals surface area contributed by atoms with Crippen molar-refractivity contribution < 1.29 is 9.59 Å². The number of aromatic nitrogens is 2. The summed E-state index contributed by atoms with van der Waals surface area (Å²) in [6, 6.07) is 17.1. The maximum atomic E-state index is 12.4. The first-order chi connectivity index (χ1) is 12.7. The van der Waals surface area contributed by atoms with E-state index in [4.69, 9.17) is 0 Å². The van der Waals surface area contributed by atoms with Crippen LogP contribution in [-0.4, -0.2) is 28.6 Å². The van der Waals surface area contributed by atoms with Crippen molar-refractivity contribution in [2.45, 2.75) is 12.8 Å². The van der Waals surface area contributed by atoms with Gasteiger partial charge in [-0.25, -0.2) is 0 Å². The minimum Gasteiger partial charge on any atom is -0.325 e. The number of aromatic amines is 1. The molecule has 26 heavy (non-hydrogen) atoms. The highest BCUT2D eigenvalue weighted by molar-refractivity contribution is 6.04. The van der Waals surface area contributed by atoms with Gasteiger partial charge in [-0.15, -0.1) is 0 Å². The second-order valence-corrected chi connectivity index (χ2v) is 6.20. The molecule has 6 heteroatoms. The van der Waals surface area contributed by atoms with Crippen LogP contribution in [0.5, 0.6) is 0 Å². The van der Waals surface area contributed by atoms with Crippen molar-refractivity contribution in [3.05, 3.63) is 66.4 Å². The van der Waals surface area contributed by atoms with Crippen LogP contribution in [0.3, 0.4) is 0 Å². The average Bonchev–Trinajstić information content (AvgIpc) is 3.19. The average molecular weight is 346 g/mol. The van der Waals surface area contributed by atoms with Crippen molar-refractivity contribution in [3.8, 4) is 11.3 Å². The van der Waals surface area contributed by atoms with Crippen molar-refractivity contribution >= 4 is 23.2 Å². The number of nitrogens with one attached hydrogen (secondary N) is 2. The molecule has 2 N–H and O–H groups in total. The van der Waals surface area contributed by atoms with Gasteiger partial charge in [0.25, 0.3) is 0 Å². The van der Waals surface area contributed by atoms with E-state index in [0.29, 0.717) is 12.1 Å². The molecule has 2 amide bonds. The lowest BCUT2D eigenvalue weighted by molar-refractivity contribution is -0.121. The number of carbonyl (C=O) groups excluding carboxylic acids is 2. The molecule has 0 unspecified atom stereocenters. The first-order valence-electron chi connectivity index (χ1n) is 8.48. The molecule has 1 aromatic heterocycles. The first-order valence-corrected chi connectivity index (χ1v) is 8.48. The number of benzene rings is 2. The highest BCUT2D eigenvalue weighted by Crippen LogP contribution is 2.27. The normalized spacial score (nSPS) is 13.4. The Bertz CT molecular complexity index is 933. The van der Waals surface area contributed by atoms with Crippen LogP contribution in [0.4, 0.5) is 11.4 Å². The zero-order valence-electron chi connectivity index (χ0n) is 14.1. The van der Waals surface area contributed by atoms with Crippen LogP contribution in [0.2, 0.25) is 0 Å². The molecule has 4 rings (SSSR count). The maximum Gasteiger partial charge on any atom is 0.244 e. The third-order valence-corrected chi connectivity index (χ3v) is 4.47. The number of hydrogen-bond acceptors (Lipinski definition) is 3. The largest absolute Gasteiger partial charge is 0.325 e. The summed E-state index contributed by atoms with van der Waals surface area (Å²) in [4.78, 5) is 26.2. The van der Waals surface area contributed by atoms with Gasteiger partial charge in [0.2, 0.25) is 11.8 Å². The summed E-state index contributed by atoms with van der Waals surface area (Å²) >= 11 is 0. The summed E-state index contributed by atoms with van der Waals surface area (Å²) in [6.07, 6.45) is 2.85. The Morgan fingerprint density at radius 2 is 1.88 bits per heavy atom. The lowest BCUT2D eigenvalue weighted by atomic mass is 10.0. The van der Waals surface area contributed by atoms with Crippen molar-refractivity contribution in [3.63, 3.8) is 0 Å². The number of fused-ring (bicyclic) bond motifs is 1. The second kappa shape index (κ2) is 6.84. The summed E-state index contributed by atoms with van der Waals surface area (Å²) in [5, 5.41) is 9.68. The Hall–Kier alpha value is -3.41. The van der Waals surface area contributed by atoms with Crippen molar-refractivity contribution in [2.24, 2.45) is 0 Å². The van der Waals surface area contributed by atoms with Crippen LogP contribution < -0.4 is 10.2 Å². The van der Waals surface area contributed by atoms with Gasteiger partial charge >= 0.3 is 0 Å². The zero-order valence-corrected chi connectivity index (χ0v) is 14.1. The molecule has 2 aromatic carbocycles. The smallest absolute Gasteiger partial charge is 0.244 e. The molecule has 3 aromatic rings. The first kappa shape index (κ1) is 16.1. The molecular weight excluding hydrogens is 328 g/mol. The molecule has 0 fully saturated rings. The molecule has 0 atom stereocenters. The number of rotatable bonds is 4. The van der Waals surface area contributed by atoms with Crippen LogP contribution in [0.1, 0.15) is 12.0 Å². The molecule has 0 spiro atoms. The van der Waals surface area contributed by atoms with E-state index in [1.165, 1.54) is 0 Å². The molecule has 1 aliphatic heterocycles. The fraction of sp³-hybridized carbons (Fsp3) is 0.150. The third-order valence-electron chi connectivity index (χ3n) is 4.47.